The molecule has 0 radical (unpaired) electrons. The summed E-state index contributed by atoms with van der Waals surface area (Å²) >= 11 is 0. The van der Waals surface area contributed by atoms with E-state index in [0.717, 1.165) is 0 Å². The van der Waals surface area contributed by atoms with Crippen LogP contribution in [0.1, 0.15) is 10.5 Å². The Morgan fingerprint density at radius 2 is 2.19 bits per heavy atom. The number of amides is 2. The van der Waals surface area contributed by atoms with Gasteiger partial charge >= 0.3 is 12.0 Å². The highest BCUT2D eigenvalue weighted by atomic mass is 16.5. The molecule has 1 spiro atoms. The molecule has 21 heavy (non-hydrogen) atoms. The van der Waals surface area contributed by atoms with Crippen LogP contribution in [0, 0.1) is 0 Å². The molecule has 3 N–H and O–H groups in total. The number of esters is 1. The number of carbonyl (C=O) groups excluding carboxylic acids is 2. The van der Waals surface area contributed by atoms with Crippen LogP contribution in [0.3, 0.4) is 0 Å². The first kappa shape index (κ1) is 13.4. The Balaban J connectivity index is 1.79. The predicted octanol–water partition coefficient (Wildman–Crippen LogP) is -0.941. The molecule has 0 bridgehead atoms. The van der Waals surface area contributed by atoms with Crippen LogP contribution in [0.5, 0.6) is 0 Å². The maximum Gasteiger partial charge on any atom is 0.356 e. The number of hydrogen-bond acceptors (Lipinski definition) is 7. The van der Waals surface area contributed by atoms with Crippen molar-refractivity contribution in [3.8, 4) is 0 Å². The summed E-state index contributed by atoms with van der Waals surface area (Å²) in [6, 6.07) is 1.29. The molecule has 2 fully saturated rings. The summed E-state index contributed by atoms with van der Waals surface area (Å²) in [5, 5.41) is 2.80. The quantitative estimate of drug-likeness (QED) is 0.676. The summed E-state index contributed by atoms with van der Waals surface area (Å²) in [4.78, 5) is 34.9. The normalized spacial score (nSPS) is 19.4. The van der Waals surface area contributed by atoms with Gasteiger partial charge in [0.1, 0.15) is 5.82 Å². The summed E-state index contributed by atoms with van der Waals surface area (Å²) in [6.45, 7) is 1.77. The lowest BCUT2D eigenvalue weighted by Gasteiger charge is -2.50. The Morgan fingerprint density at radius 3 is 2.76 bits per heavy atom. The number of ether oxygens (including phenoxy) is 1. The molecule has 3 rings (SSSR count). The van der Waals surface area contributed by atoms with Crippen LogP contribution in [0.25, 0.3) is 0 Å². The van der Waals surface area contributed by atoms with E-state index in [1.807, 2.05) is 4.90 Å². The van der Waals surface area contributed by atoms with Gasteiger partial charge in [0.15, 0.2) is 5.69 Å². The number of nitrogen functional groups attached to an aromatic ring is 1. The fourth-order valence-corrected chi connectivity index (χ4v) is 2.63. The minimum atomic E-state index is -0.560. The molecule has 1 aromatic heterocycles. The Morgan fingerprint density at radius 1 is 1.48 bits per heavy atom. The molecule has 0 atom stereocenters. The number of hydrogen-bond donors (Lipinski definition) is 2. The zero-order valence-corrected chi connectivity index (χ0v) is 11.8. The van der Waals surface area contributed by atoms with Gasteiger partial charge in [0.25, 0.3) is 0 Å². The van der Waals surface area contributed by atoms with E-state index in [1.54, 1.807) is 11.9 Å². The van der Waals surface area contributed by atoms with E-state index in [-0.39, 0.29) is 23.1 Å². The number of rotatable bonds is 2. The summed E-state index contributed by atoms with van der Waals surface area (Å²) in [6.07, 6.45) is 0. The molecule has 0 saturated carbocycles. The third kappa shape index (κ3) is 2.01. The molecule has 1 aromatic rings. The van der Waals surface area contributed by atoms with Gasteiger partial charge < -0.3 is 25.6 Å². The van der Waals surface area contributed by atoms with E-state index < -0.39 is 5.97 Å². The molecule has 2 aliphatic heterocycles. The van der Waals surface area contributed by atoms with Crippen molar-refractivity contribution in [1.82, 2.24) is 20.2 Å². The van der Waals surface area contributed by atoms with Gasteiger partial charge in [-0.05, 0) is 0 Å². The van der Waals surface area contributed by atoms with Crippen molar-refractivity contribution >= 4 is 23.8 Å². The van der Waals surface area contributed by atoms with Crippen LogP contribution < -0.4 is 16.0 Å². The van der Waals surface area contributed by atoms with Gasteiger partial charge in [0.05, 0.1) is 12.6 Å². The van der Waals surface area contributed by atoms with Crippen molar-refractivity contribution in [1.29, 1.82) is 0 Å². The fraction of sp³-hybridized carbons (Fsp3) is 0.500. The molecule has 2 amide bonds. The second kappa shape index (κ2) is 4.47. The van der Waals surface area contributed by atoms with Gasteiger partial charge in [-0.25, -0.2) is 14.6 Å². The first-order valence-corrected chi connectivity index (χ1v) is 6.45. The number of likely N-dealkylation sites (N-methyl/N-ethyl adjacent to an activating group) is 1. The number of aromatic nitrogens is 2. The van der Waals surface area contributed by atoms with Crippen molar-refractivity contribution in [3.63, 3.8) is 0 Å². The van der Waals surface area contributed by atoms with E-state index >= 15 is 0 Å². The minimum Gasteiger partial charge on any atom is -0.464 e. The Kier molecular flexibility index (Phi) is 2.85. The van der Waals surface area contributed by atoms with Crippen molar-refractivity contribution in [2.75, 3.05) is 44.4 Å². The third-order valence-electron chi connectivity index (χ3n) is 3.97. The van der Waals surface area contributed by atoms with Gasteiger partial charge in [0, 0.05) is 32.7 Å². The molecular weight excluding hydrogens is 276 g/mol. The lowest BCUT2D eigenvalue weighted by atomic mass is 9.90. The SMILES string of the molecule is COC(=O)c1cc(N)nc(N2CC3(CNC(=O)N3C)C2)n1. The molecule has 0 aromatic carbocycles. The molecule has 9 nitrogen and oxygen atoms in total. The van der Waals surface area contributed by atoms with Crippen molar-refractivity contribution < 1.29 is 14.3 Å². The lowest BCUT2D eigenvalue weighted by Crippen LogP contribution is -2.69. The third-order valence-corrected chi connectivity index (χ3v) is 3.97. The lowest BCUT2D eigenvalue weighted by molar-refractivity contribution is 0.0594. The highest BCUT2D eigenvalue weighted by molar-refractivity contribution is 5.88. The average molecular weight is 292 g/mol. The van der Waals surface area contributed by atoms with Crippen LogP contribution >= 0.6 is 0 Å². The van der Waals surface area contributed by atoms with Crippen LogP contribution in [-0.4, -0.2) is 66.2 Å². The van der Waals surface area contributed by atoms with Crippen LogP contribution in [-0.2, 0) is 4.74 Å². The second-order valence-corrected chi connectivity index (χ2v) is 5.27. The maximum atomic E-state index is 11.5. The average Bonchev–Trinajstić information content (AvgIpc) is 2.72. The first-order valence-electron chi connectivity index (χ1n) is 6.45. The summed E-state index contributed by atoms with van der Waals surface area (Å²) < 4.78 is 4.64. The molecule has 2 saturated heterocycles. The molecule has 9 heteroatoms. The summed E-state index contributed by atoms with van der Waals surface area (Å²) in [5.41, 5.74) is 5.58. The minimum absolute atomic E-state index is 0.0848. The maximum absolute atomic E-state index is 11.5. The van der Waals surface area contributed by atoms with Gasteiger partial charge in [-0.15, -0.1) is 0 Å². The number of methoxy groups -OCH3 is 1. The number of nitrogens with two attached hydrogens (primary N) is 1. The number of nitrogens with zero attached hydrogens (tertiary/aromatic N) is 4. The van der Waals surface area contributed by atoms with Crippen LogP contribution in [0.2, 0.25) is 0 Å². The zero-order valence-electron chi connectivity index (χ0n) is 11.8. The van der Waals surface area contributed by atoms with E-state index in [4.69, 9.17) is 5.73 Å². The smallest absolute Gasteiger partial charge is 0.356 e. The Hall–Kier alpha value is -2.58. The fourth-order valence-electron chi connectivity index (χ4n) is 2.63. The standard InChI is InChI=1S/C12H16N6O3/c1-17-11(20)14-4-12(17)5-18(6-12)10-15-7(9(19)21-2)3-8(13)16-10/h3H,4-6H2,1-2H3,(H,14,20)(H2,13,15,16). The van der Waals surface area contributed by atoms with Crippen molar-refractivity contribution in [2.45, 2.75) is 5.54 Å². The van der Waals surface area contributed by atoms with E-state index in [2.05, 4.69) is 20.0 Å². The monoisotopic (exact) mass is 292 g/mol. The summed E-state index contributed by atoms with van der Waals surface area (Å²) in [5.74, 6) is 0.0134. The van der Waals surface area contributed by atoms with Crippen LogP contribution in [0.15, 0.2) is 6.07 Å². The summed E-state index contributed by atoms with van der Waals surface area (Å²) in [7, 11) is 3.05. The van der Waals surface area contributed by atoms with E-state index in [0.29, 0.717) is 25.6 Å². The number of urea groups is 1. The molecular formula is C12H16N6O3. The Labute approximate surface area is 121 Å². The number of anilines is 2. The largest absolute Gasteiger partial charge is 0.464 e. The van der Waals surface area contributed by atoms with Gasteiger partial charge in [-0.3, -0.25) is 0 Å². The molecule has 2 aliphatic rings. The zero-order chi connectivity index (χ0) is 15.2. The molecule has 0 aliphatic carbocycles. The number of nitrogens with one attached hydrogen (secondary N) is 1. The van der Waals surface area contributed by atoms with Crippen molar-refractivity contribution in [2.24, 2.45) is 0 Å². The van der Waals surface area contributed by atoms with E-state index in [9.17, 15) is 9.59 Å². The highest BCUT2D eigenvalue weighted by Crippen LogP contribution is 2.32. The van der Waals surface area contributed by atoms with Gasteiger partial charge in [0.2, 0.25) is 5.95 Å². The van der Waals surface area contributed by atoms with Crippen LogP contribution in [0.4, 0.5) is 16.6 Å². The highest BCUT2D eigenvalue weighted by Gasteiger charge is 2.52. The first-order chi connectivity index (χ1) is 9.95. The topological polar surface area (TPSA) is 114 Å². The molecule has 112 valence electrons. The molecule has 0 unspecified atom stereocenters. The molecule has 3 heterocycles. The predicted molar refractivity (Wildman–Crippen MR) is 73.9 cm³/mol. The second-order valence-electron chi connectivity index (χ2n) is 5.27. The Bertz CT molecular complexity index is 613. The van der Waals surface area contributed by atoms with Gasteiger partial charge in [-0.1, -0.05) is 0 Å². The number of carbonyl (C=O) groups is 2. The van der Waals surface area contributed by atoms with E-state index in [1.165, 1.54) is 13.2 Å². The van der Waals surface area contributed by atoms with Crippen molar-refractivity contribution in [3.05, 3.63) is 11.8 Å². The van der Waals surface area contributed by atoms with Gasteiger partial charge in [-0.2, -0.15) is 4.98 Å².